The molecule has 0 amide bonds. The maximum Gasteiger partial charge on any atom is 0.472 e. The molecule has 0 saturated carbocycles. The van der Waals surface area contributed by atoms with E-state index >= 15 is 0 Å². The van der Waals surface area contributed by atoms with E-state index in [2.05, 4.69) is 123 Å². The third kappa shape index (κ3) is 48.4. The van der Waals surface area contributed by atoms with Crippen molar-refractivity contribution in [2.45, 2.75) is 193 Å². The first-order valence-electron chi connectivity index (χ1n) is 24.9. The van der Waals surface area contributed by atoms with Gasteiger partial charge >= 0.3 is 19.8 Å². The van der Waals surface area contributed by atoms with Gasteiger partial charge < -0.3 is 25.2 Å². The van der Waals surface area contributed by atoms with Gasteiger partial charge in [0.2, 0.25) is 0 Å². The summed E-state index contributed by atoms with van der Waals surface area (Å²) in [7, 11) is -4.64. The van der Waals surface area contributed by atoms with Gasteiger partial charge in [0.25, 0.3) is 0 Å². The van der Waals surface area contributed by atoms with E-state index in [4.69, 9.17) is 29.4 Å². The second-order valence-electron chi connectivity index (χ2n) is 16.2. The highest BCUT2D eigenvalue weighted by atomic mass is 31.2. The van der Waals surface area contributed by atoms with Crippen LogP contribution in [0.2, 0.25) is 0 Å². The molecule has 0 saturated heterocycles. The van der Waals surface area contributed by atoms with Crippen molar-refractivity contribution in [3.05, 3.63) is 109 Å². The molecule has 0 aliphatic carbocycles. The molecule has 10 nitrogen and oxygen atoms in total. The Bertz CT molecular complexity index is 1440. The topological polar surface area (TPSA) is 155 Å². The fourth-order valence-electron chi connectivity index (χ4n) is 6.20. The van der Waals surface area contributed by atoms with Gasteiger partial charge in [-0.25, -0.2) is 4.57 Å². The van der Waals surface area contributed by atoms with Crippen LogP contribution in [-0.4, -0.2) is 60.5 Å². The molecule has 0 bridgehead atoms. The first-order chi connectivity index (χ1) is 31.7. The molecule has 0 aromatic rings. The molecule has 0 aliphatic heterocycles. The number of rotatable bonds is 46. The lowest BCUT2D eigenvalue weighted by Crippen LogP contribution is -2.34. The van der Waals surface area contributed by atoms with Crippen LogP contribution in [-0.2, 0) is 32.7 Å². The van der Waals surface area contributed by atoms with Gasteiger partial charge in [-0.3, -0.25) is 18.6 Å². The number of esters is 1. The average Bonchev–Trinajstić information content (AvgIpc) is 3.29. The first-order valence-corrected chi connectivity index (χ1v) is 26.4. The quantitative estimate of drug-likeness (QED) is 0.0233. The number of unbranched alkanes of at least 4 members (excludes halogenated alkanes) is 14. The van der Waals surface area contributed by atoms with Crippen LogP contribution in [0.3, 0.4) is 0 Å². The molecule has 65 heavy (non-hydrogen) atoms. The van der Waals surface area contributed by atoms with Crippen LogP contribution < -0.4 is 5.73 Å². The Morgan fingerprint density at radius 2 is 0.892 bits per heavy atom. The fourth-order valence-corrected chi connectivity index (χ4v) is 6.98. The summed E-state index contributed by atoms with van der Waals surface area (Å²) in [5.41, 5.74) is 5.37. The van der Waals surface area contributed by atoms with E-state index in [9.17, 15) is 19.0 Å². The number of carbonyl (C=O) groups excluding carboxylic acids is 1. The molecule has 0 aliphatic rings. The lowest BCUT2D eigenvalue weighted by molar-refractivity contribution is -0.154. The van der Waals surface area contributed by atoms with Crippen LogP contribution >= 0.6 is 7.82 Å². The van der Waals surface area contributed by atoms with Crippen molar-refractivity contribution in [2.24, 2.45) is 5.73 Å². The minimum absolute atomic E-state index is 0.0221. The van der Waals surface area contributed by atoms with Crippen molar-refractivity contribution < 1.29 is 42.7 Å². The highest BCUT2D eigenvalue weighted by Crippen LogP contribution is 2.43. The average molecular weight is 928 g/mol. The molecular weight excluding hydrogens is 838 g/mol. The number of nitrogens with two attached hydrogens (primary N) is 1. The summed E-state index contributed by atoms with van der Waals surface area (Å²) in [5, 5.41) is 8.93. The normalized spacial score (nSPS) is 14.6. The zero-order chi connectivity index (χ0) is 47.6. The zero-order valence-corrected chi connectivity index (χ0v) is 41.4. The summed E-state index contributed by atoms with van der Waals surface area (Å²) in [6, 6.07) is -1.49. The highest BCUT2D eigenvalue weighted by molar-refractivity contribution is 7.47. The van der Waals surface area contributed by atoms with E-state index in [1.165, 1.54) is 57.8 Å². The van der Waals surface area contributed by atoms with Crippen LogP contribution in [0.15, 0.2) is 109 Å². The van der Waals surface area contributed by atoms with Crippen molar-refractivity contribution in [3.8, 4) is 0 Å². The number of hydrogen-bond acceptors (Lipinski definition) is 8. The summed E-state index contributed by atoms with van der Waals surface area (Å²) < 4.78 is 33.4. The SMILES string of the molecule is CC/C=C\C/C=C\C/C=C\C/C=C\C/C=C\C/C=C\C/C=C\CCCCOCC(COP(=O)(O)OCC(N)C(=O)O)OC(=O)CCCCCCCCCCC/C=C\C/C=C\CCCCC. The molecule has 0 spiro atoms. The molecule has 3 atom stereocenters. The van der Waals surface area contributed by atoms with Crippen molar-refractivity contribution >= 4 is 19.8 Å². The Morgan fingerprint density at radius 3 is 1.34 bits per heavy atom. The van der Waals surface area contributed by atoms with Gasteiger partial charge in [-0.2, -0.15) is 0 Å². The number of carboxylic acid groups (broad SMARTS) is 1. The van der Waals surface area contributed by atoms with Crippen LogP contribution in [0, 0.1) is 0 Å². The number of phosphoric ester groups is 1. The van der Waals surface area contributed by atoms with Gasteiger partial charge in [0.15, 0.2) is 0 Å². The van der Waals surface area contributed by atoms with Gasteiger partial charge in [0.05, 0.1) is 19.8 Å². The molecule has 370 valence electrons. The third-order valence-corrected chi connectivity index (χ3v) is 11.0. The minimum Gasteiger partial charge on any atom is -0.480 e. The molecule has 0 heterocycles. The summed E-state index contributed by atoms with van der Waals surface area (Å²) >= 11 is 0. The molecule has 0 aromatic carbocycles. The number of aliphatic carboxylic acids is 1. The maximum absolute atomic E-state index is 12.7. The summed E-state index contributed by atoms with van der Waals surface area (Å²) in [6.45, 7) is 3.62. The molecule has 11 heteroatoms. The Labute approximate surface area is 395 Å². The van der Waals surface area contributed by atoms with Crippen molar-refractivity contribution in [3.63, 3.8) is 0 Å². The number of carboxylic acids is 1. The first kappa shape index (κ1) is 61.6. The summed E-state index contributed by atoms with van der Waals surface area (Å²) in [6.07, 6.45) is 65.7. The predicted octanol–water partition coefficient (Wildman–Crippen LogP) is 14.6. The van der Waals surface area contributed by atoms with Crippen molar-refractivity contribution in [1.29, 1.82) is 0 Å². The van der Waals surface area contributed by atoms with Crippen LogP contribution in [0.1, 0.15) is 181 Å². The lowest BCUT2D eigenvalue weighted by Gasteiger charge is -2.20. The Kier molecular flexibility index (Phi) is 46.0. The minimum atomic E-state index is -4.64. The Hall–Kier alpha value is -3.37. The van der Waals surface area contributed by atoms with Gasteiger partial charge in [-0.05, 0) is 103 Å². The molecule has 0 rings (SSSR count). The molecule has 4 N–H and O–H groups in total. The monoisotopic (exact) mass is 928 g/mol. The second kappa shape index (κ2) is 48.6. The van der Waals surface area contributed by atoms with Gasteiger partial charge in [0, 0.05) is 13.0 Å². The van der Waals surface area contributed by atoms with E-state index in [1.54, 1.807) is 0 Å². The largest absolute Gasteiger partial charge is 0.480 e. The van der Waals surface area contributed by atoms with E-state index < -0.39 is 45.1 Å². The lowest BCUT2D eigenvalue weighted by atomic mass is 10.1. The molecule has 0 aromatic heterocycles. The number of hydrogen-bond donors (Lipinski definition) is 3. The second-order valence-corrected chi connectivity index (χ2v) is 17.7. The van der Waals surface area contributed by atoms with Crippen LogP contribution in [0.25, 0.3) is 0 Å². The number of carbonyl (C=O) groups is 2. The number of ether oxygens (including phenoxy) is 2. The highest BCUT2D eigenvalue weighted by Gasteiger charge is 2.27. The Morgan fingerprint density at radius 1 is 0.508 bits per heavy atom. The number of allylic oxidation sites excluding steroid dienone is 18. The molecular formula is C54H90NO9P. The molecule has 0 fully saturated rings. The van der Waals surface area contributed by atoms with E-state index in [-0.39, 0.29) is 13.0 Å². The fraction of sp³-hybridized carbons (Fsp3) is 0.630. The van der Waals surface area contributed by atoms with Gasteiger partial charge in [-0.1, -0.05) is 181 Å². The summed E-state index contributed by atoms with van der Waals surface area (Å²) in [4.78, 5) is 33.7. The van der Waals surface area contributed by atoms with Crippen molar-refractivity contribution in [2.75, 3.05) is 26.4 Å². The summed E-state index contributed by atoms with van der Waals surface area (Å²) in [5.74, 6) is -1.81. The number of phosphoric acid groups is 1. The smallest absolute Gasteiger partial charge is 0.472 e. The van der Waals surface area contributed by atoms with Crippen molar-refractivity contribution in [1.82, 2.24) is 0 Å². The van der Waals surface area contributed by atoms with Crippen LogP contribution in [0.4, 0.5) is 0 Å². The molecule has 0 radical (unpaired) electrons. The van der Waals surface area contributed by atoms with E-state index in [0.29, 0.717) is 13.0 Å². The standard InChI is InChI=1S/C54H90NO9P/c1-3-5-7-9-11-13-15-17-19-21-23-24-25-26-27-29-31-33-35-37-39-41-43-45-47-61-48-51(49-62-65(59,60)63-50-52(55)54(57)58)64-53(56)46-44-42-40-38-36-34-32-30-28-22-20-18-16-14-12-10-8-6-4-2/h5,7,11-14,17-20,23-24,26-27,31,33,37,39,51-52H,3-4,6,8-10,15-16,21-22,25,28-30,32,34-36,38,40-50,55H2,1-2H3,(H,57,58)(H,59,60)/b7-5-,13-11-,14-12-,19-17-,20-18-,24-23-,27-26-,33-31-,39-37-. The zero-order valence-electron chi connectivity index (χ0n) is 40.5. The van der Waals surface area contributed by atoms with E-state index in [1.807, 2.05) is 0 Å². The maximum atomic E-state index is 12.7. The predicted molar refractivity (Wildman–Crippen MR) is 272 cm³/mol. The third-order valence-electron chi connectivity index (χ3n) is 10.0. The Balaban J connectivity index is 4.30. The van der Waals surface area contributed by atoms with Gasteiger partial charge in [-0.15, -0.1) is 0 Å². The van der Waals surface area contributed by atoms with Crippen LogP contribution in [0.5, 0.6) is 0 Å². The molecule has 3 unspecified atom stereocenters. The van der Waals surface area contributed by atoms with E-state index in [0.717, 1.165) is 96.3 Å². The van der Waals surface area contributed by atoms with Gasteiger partial charge in [0.1, 0.15) is 12.1 Å².